The monoisotopic (exact) mass is 274 g/mol. The zero-order valence-electron chi connectivity index (χ0n) is 11.0. The van der Waals surface area contributed by atoms with E-state index in [0.29, 0.717) is 16.8 Å². The molecule has 1 amide bonds. The minimum atomic E-state index is -0.337. The molecule has 0 saturated heterocycles. The highest BCUT2D eigenvalue weighted by atomic mass is 19.1. The molecular weight excluding hydrogens is 259 g/mol. The summed E-state index contributed by atoms with van der Waals surface area (Å²) in [7, 11) is 1.60. The van der Waals surface area contributed by atoms with Crippen molar-refractivity contribution in [2.75, 3.05) is 12.5 Å². The minimum Gasteiger partial charge on any atom is -0.337 e. The Morgan fingerprint density at radius 2 is 2.15 bits per heavy atom. The third kappa shape index (κ3) is 2.92. The number of hydrazine groups is 1. The van der Waals surface area contributed by atoms with Crippen LogP contribution >= 0.6 is 0 Å². The molecule has 104 valence electrons. The Bertz CT molecular complexity index is 618. The molecule has 2 aromatic rings. The van der Waals surface area contributed by atoms with Crippen LogP contribution in [0.4, 0.5) is 10.1 Å². The van der Waals surface area contributed by atoms with Crippen LogP contribution < -0.4 is 11.3 Å². The van der Waals surface area contributed by atoms with Crippen LogP contribution in [0.2, 0.25) is 0 Å². The Balaban J connectivity index is 2.19. The lowest BCUT2D eigenvalue weighted by Gasteiger charge is -2.19. The summed E-state index contributed by atoms with van der Waals surface area (Å²) in [6.45, 7) is 0.171. The molecule has 1 aromatic heterocycles. The van der Waals surface area contributed by atoms with Crippen LogP contribution in [0.15, 0.2) is 42.7 Å². The molecule has 0 atom stereocenters. The third-order valence-electron chi connectivity index (χ3n) is 2.92. The first-order valence-corrected chi connectivity index (χ1v) is 6.03. The van der Waals surface area contributed by atoms with Gasteiger partial charge in [0, 0.05) is 31.5 Å². The number of amides is 1. The predicted molar refractivity (Wildman–Crippen MR) is 74.2 cm³/mol. The first-order chi connectivity index (χ1) is 9.63. The number of nitrogens with two attached hydrogens (primary N) is 1. The number of rotatable bonds is 4. The molecule has 1 heterocycles. The predicted octanol–water partition coefficient (Wildman–Crippen LogP) is 1.78. The number of hydrogen-bond acceptors (Lipinski definition) is 4. The number of anilines is 1. The lowest BCUT2D eigenvalue weighted by Crippen LogP contribution is -2.28. The molecule has 0 bridgehead atoms. The number of nitrogen functional groups attached to an aromatic ring is 1. The van der Waals surface area contributed by atoms with Crippen LogP contribution in [-0.4, -0.2) is 22.8 Å². The summed E-state index contributed by atoms with van der Waals surface area (Å²) in [5.41, 5.74) is 3.72. The molecule has 0 saturated carbocycles. The van der Waals surface area contributed by atoms with Gasteiger partial charge in [0.05, 0.1) is 11.3 Å². The first-order valence-electron chi connectivity index (χ1n) is 6.03. The molecule has 0 aliphatic rings. The summed E-state index contributed by atoms with van der Waals surface area (Å²) < 4.78 is 13.6. The molecule has 0 spiro atoms. The van der Waals surface area contributed by atoms with Gasteiger partial charge in [0.25, 0.3) is 5.91 Å². The van der Waals surface area contributed by atoms with E-state index in [-0.39, 0.29) is 18.3 Å². The number of hydrogen-bond donors (Lipinski definition) is 2. The van der Waals surface area contributed by atoms with Crippen LogP contribution in [-0.2, 0) is 6.54 Å². The third-order valence-corrected chi connectivity index (χ3v) is 2.92. The summed E-state index contributed by atoms with van der Waals surface area (Å²) in [5, 5.41) is 0. The number of carbonyl (C=O) groups is 1. The highest BCUT2D eigenvalue weighted by Gasteiger charge is 2.17. The number of nitrogens with zero attached hydrogens (tertiary/aromatic N) is 2. The van der Waals surface area contributed by atoms with Crippen molar-refractivity contribution in [3.8, 4) is 0 Å². The topological polar surface area (TPSA) is 71.2 Å². The zero-order chi connectivity index (χ0) is 14.5. The molecule has 1 aromatic carbocycles. The number of benzene rings is 1. The minimum absolute atomic E-state index is 0.171. The summed E-state index contributed by atoms with van der Waals surface area (Å²) in [4.78, 5) is 17.6. The quantitative estimate of drug-likeness (QED) is 0.658. The van der Waals surface area contributed by atoms with E-state index < -0.39 is 0 Å². The van der Waals surface area contributed by atoms with Gasteiger partial charge in [0.2, 0.25) is 0 Å². The summed E-state index contributed by atoms with van der Waals surface area (Å²) >= 11 is 0. The average molecular weight is 274 g/mol. The van der Waals surface area contributed by atoms with Gasteiger partial charge in [-0.2, -0.15) is 0 Å². The zero-order valence-corrected chi connectivity index (χ0v) is 11.0. The van der Waals surface area contributed by atoms with Crippen LogP contribution in [0, 0.1) is 5.82 Å². The van der Waals surface area contributed by atoms with Gasteiger partial charge in [0.1, 0.15) is 5.82 Å². The first kappa shape index (κ1) is 14.0. The molecule has 0 aliphatic carbocycles. The van der Waals surface area contributed by atoms with Crippen molar-refractivity contribution in [2.45, 2.75) is 6.54 Å². The fraction of sp³-hybridized carbons (Fsp3) is 0.143. The molecule has 0 aliphatic heterocycles. The largest absolute Gasteiger partial charge is 0.337 e. The Labute approximate surface area is 116 Å². The smallest absolute Gasteiger partial charge is 0.257 e. The fourth-order valence-corrected chi connectivity index (χ4v) is 1.85. The van der Waals surface area contributed by atoms with Gasteiger partial charge in [-0.1, -0.05) is 18.2 Å². The maximum Gasteiger partial charge on any atom is 0.257 e. The SMILES string of the molecule is CN(Cc1ccccc1F)C(=O)c1cnccc1NN. The molecule has 3 N–H and O–H groups in total. The summed E-state index contributed by atoms with van der Waals surface area (Å²) in [6.07, 6.45) is 2.96. The van der Waals surface area contributed by atoms with Gasteiger partial charge in [-0.25, -0.2) is 4.39 Å². The Morgan fingerprint density at radius 3 is 2.85 bits per heavy atom. The molecule has 6 heteroatoms. The van der Waals surface area contributed by atoms with Crippen molar-refractivity contribution in [1.29, 1.82) is 0 Å². The van der Waals surface area contributed by atoms with Gasteiger partial charge >= 0.3 is 0 Å². The van der Waals surface area contributed by atoms with Crippen molar-refractivity contribution in [3.63, 3.8) is 0 Å². The second-order valence-electron chi connectivity index (χ2n) is 4.32. The second kappa shape index (κ2) is 6.12. The molecule has 20 heavy (non-hydrogen) atoms. The number of pyridine rings is 1. The van der Waals surface area contributed by atoms with Crippen molar-refractivity contribution >= 4 is 11.6 Å². The van der Waals surface area contributed by atoms with Crippen molar-refractivity contribution in [1.82, 2.24) is 9.88 Å². The normalized spacial score (nSPS) is 10.2. The van der Waals surface area contributed by atoms with E-state index in [1.807, 2.05) is 0 Å². The number of halogens is 1. The lowest BCUT2D eigenvalue weighted by molar-refractivity contribution is 0.0784. The highest BCUT2D eigenvalue weighted by Crippen LogP contribution is 2.16. The van der Waals surface area contributed by atoms with Crippen molar-refractivity contribution < 1.29 is 9.18 Å². The maximum atomic E-state index is 13.6. The lowest BCUT2D eigenvalue weighted by atomic mass is 10.1. The van der Waals surface area contributed by atoms with E-state index in [0.717, 1.165) is 0 Å². The van der Waals surface area contributed by atoms with Crippen LogP contribution in [0.1, 0.15) is 15.9 Å². The molecule has 0 radical (unpaired) electrons. The van der Waals surface area contributed by atoms with Gasteiger partial charge < -0.3 is 10.3 Å². The molecular formula is C14H15FN4O. The van der Waals surface area contributed by atoms with Crippen LogP contribution in [0.5, 0.6) is 0 Å². The number of carbonyl (C=O) groups excluding carboxylic acids is 1. The molecule has 0 fully saturated rings. The van der Waals surface area contributed by atoms with Gasteiger partial charge in [-0.15, -0.1) is 0 Å². The van der Waals surface area contributed by atoms with E-state index in [1.54, 1.807) is 31.3 Å². The van der Waals surface area contributed by atoms with E-state index in [1.165, 1.54) is 23.4 Å². The van der Waals surface area contributed by atoms with Crippen molar-refractivity contribution in [2.24, 2.45) is 5.84 Å². The highest BCUT2D eigenvalue weighted by molar-refractivity contribution is 5.99. The van der Waals surface area contributed by atoms with Gasteiger partial charge in [0.15, 0.2) is 0 Å². The maximum absolute atomic E-state index is 13.6. The van der Waals surface area contributed by atoms with E-state index >= 15 is 0 Å². The van der Waals surface area contributed by atoms with E-state index in [9.17, 15) is 9.18 Å². The van der Waals surface area contributed by atoms with Crippen LogP contribution in [0.3, 0.4) is 0 Å². The molecule has 2 rings (SSSR count). The molecule has 0 unspecified atom stereocenters. The average Bonchev–Trinajstić information content (AvgIpc) is 2.48. The fourth-order valence-electron chi connectivity index (χ4n) is 1.85. The molecule has 5 nitrogen and oxygen atoms in total. The Morgan fingerprint density at radius 1 is 1.40 bits per heavy atom. The number of nitrogens with one attached hydrogen (secondary N) is 1. The van der Waals surface area contributed by atoms with E-state index in [4.69, 9.17) is 5.84 Å². The van der Waals surface area contributed by atoms with Crippen LogP contribution in [0.25, 0.3) is 0 Å². The van der Waals surface area contributed by atoms with Gasteiger partial charge in [-0.3, -0.25) is 15.6 Å². The summed E-state index contributed by atoms with van der Waals surface area (Å²) in [5.74, 6) is 4.74. The van der Waals surface area contributed by atoms with E-state index in [2.05, 4.69) is 10.4 Å². The Kier molecular flexibility index (Phi) is 4.27. The number of aromatic nitrogens is 1. The second-order valence-corrected chi connectivity index (χ2v) is 4.32. The standard InChI is InChI=1S/C14H15FN4O/c1-19(9-10-4-2-3-5-12(10)15)14(20)11-8-17-7-6-13(11)18-16/h2-8H,9,16H2,1H3,(H,17,18). The van der Waals surface area contributed by atoms with Crippen molar-refractivity contribution in [3.05, 3.63) is 59.7 Å². The summed E-state index contributed by atoms with van der Waals surface area (Å²) in [6, 6.07) is 7.95. The van der Waals surface area contributed by atoms with Gasteiger partial charge in [-0.05, 0) is 12.1 Å². The Hall–Kier alpha value is -2.47.